The fourth-order valence-corrected chi connectivity index (χ4v) is 0. The van der Waals surface area contributed by atoms with E-state index in [4.69, 9.17) is 0 Å². The average Bonchev–Trinajstić information content (AvgIpc) is 1.50. The maximum atomic E-state index is 3.25. The van der Waals surface area contributed by atoms with E-state index in [1.165, 1.54) is 0 Å². The van der Waals surface area contributed by atoms with Gasteiger partial charge in [0.15, 0.2) is 0 Å². The number of rotatable bonds is 0. The van der Waals surface area contributed by atoms with Crippen LogP contribution in [0.25, 0.3) is 0 Å². The molecule has 0 aromatic heterocycles. The summed E-state index contributed by atoms with van der Waals surface area (Å²) in [5.41, 5.74) is 0. The molecule has 1 heteroatoms. The molecule has 0 bridgehead atoms. The fourth-order valence-electron chi connectivity index (χ4n) is 0. The summed E-state index contributed by atoms with van der Waals surface area (Å²) in [4.78, 5) is 0. The average molecular weight is 312 g/mol. The van der Waals surface area contributed by atoms with Crippen LogP contribution in [0.1, 0.15) is 13.8 Å². The molecule has 0 rings (SSSR count). The Morgan fingerprint density at radius 1 is 0.500 bits per heavy atom. The summed E-state index contributed by atoms with van der Waals surface area (Å²) in [6.45, 7) is 10.0. The van der Waals surface area contributed by atoms with Crippen LogP contribution in [-0.2, 0) is 25.8 Å². The molecule has 0 aliphatic carbocycles. The van der Waals surface area contributed by atoms with E-state index in [9.17, 15) is 0 Å². The molecule has 0 aromatic rings. The molecule has 0 heterocycles. The Kier molecular flexibility index (Phi) is 13200. The van der Waals surface area contributed by atoms with E-state index in [0.29, 0.717) is 0 Å². The molecule has 10 heavy (non-hydrogen) atoms. The summed E-state index contributed by atoms with van der Waals surface area (Å²) < 4.78 is 0. The molecular formula is C9H25Hf-7. The molecular weight excluding hydrogens is 287 g/mol. The van der Waals surface area contributed by atoms with Crippen molar-refractivity contribution >= 4 is 0 Å². The Morgan fingerprint density at radius 2 is 0.500 bits per heavy atom. The maximum absolute atomic E-state index is 3.25. The van der Waals surface area contributed by atoms with Gasteiger partial charge in [0.2, 0.25) is 0 Å². The molecule has 0 atom stereocenters. The number of hydrogen-bond acceptors (Lipinski definition) is 0. The molecule has 0 aromatic carbocycles. The minimum Gasteiger partial charge on any atom is -0.358 e. The monoisotopic (exact) mass is 313 g/mol. The second-order valence-electron chi connectivity index (χ2n) is 0. The van der Waals surface area contributed by atoms with E-state index in [1.807, 2.05) is 0 Å². The minimum absolute atomic E-state index is 0. The molecule has 0 N–H and O–H groups in total. The molecule has 0 amide bonds. The van der Waals surface area contributed by atoms with Gasteiger partial charge in [-0.1, -0.05) is 0 Å². The van der Waals surface area contributed by atoms with Crippen LogP contribution in [0.4, 0.5) is 0 Å². The summed E-state index contributed by atoms with van der Waals surface area (Å²) in [5, 5.41) is 0. The quantitative estimate of drug-likeness (QED) is 0.470. The summed E-state index contributed by atoms with van der Waals surface area (Å²) >= 11 is 0. The van der Waals surface area contributed by atoms with Crippen molar-refractivity contribution < 1.29 is 25.8 Å². The third kappa shape index (κ3) is 726. The second-order valence-corrected chi connectivity index (χ2v) is 0. The first-order valence-electron chi connectivity index (χ1n) is 1.41. The fraction of sp³-hybridized carbons (Fsp3) is 0.222. The topological polar surface area (TPSA) is 0 Å². The van der Waals surface area contributed by atoms with Crippen molar-refractivity contribution in [2.24, 2.45) is 0 Å². The van der Waals surface area contributed by atoms with Gasteiger partial charge in [-0.2, -0.15) is 13.8 Å². The smallest absolute Gasteiger partial charge is 0 e. The van der Waals surface area contributed by atoms with Crippen LogP contribution >= 0.6 is 0 Å². The van der Waals surface area contributed by atoms with Gasteiger partial charge in [-0.3, -0.25) is 0 Å². The van der Waals surface area contributed by atoms with Gasteiger partial charge in [0.1, 0.15) is 0 Å². The Labute approximate surface area is 90.6 Å². The Balaban J connectivity index is -0.000000000833. The van der Waals surface area contributed by atoms with Gasteiger partial charge < -0.3 is 51.0 Å². The van der Waals surface area contributed by atoms with Gasteiger partial charge in [0.25, 0.3) is 0 Å². The SMILES string of the molecule is [CH2-]C.[CH2-]C.[CH3-].[CH3-].[CH3-].[CH3-].[CH3-].[Hf]. The van der Waals surface area contributed by atoms with Gasteiger partial charge in [-0.05, 0) is 0 Å². The Hall–Kier alpha value is 0.870. The molecule has 72 valence electrons. The summed E-state index contributed by atoms with van der Waals surface area (Å²) in [6.07, 6.45) is 0. The zero-order valence-electron chi connectivity index (χ0n) is 8.91. The van der Waals surface area contributed by atoms with Crippen molar-refractivity contribution in [2.45, 2.75) is 13.8 Å². The van der Waals surface area contributed by atoms with Gasteiger partial charge in [-0.15, -0.1) is 0 Å². The molecule has 0 nitrogen and oxygen atoms in total. The predicted octanol–water partition coefficient (Wildman–Crippen LogP) is 3.93. The van der Waals surface area contributed by atoms with Crippen molar-refractivity contribution in [3.05, 3.63) is 51.0 Å². The predicted molar refractivity (Wildman–Crippen MR) is 54.1 cm³/mol. The van der Waals surface area contributed by atoms with E-state index in [1.54, 1.807) is 13.8 Å². The summed E-state index contributed by atoms with van der Waals surface area (Å²) in [5.74, 6) is 0. The third-order valence-corrected chi connectivity index (χ3v) is 0. The van der Waals surface area contributed by atoms with Gasteiger partial charge in [0.05, 0.1) is 0 Å². The largest absolute Gasteiger partial charge is 0.358 e. The van der Waals surface area contributed by atoms with Crippen LogP contribution in [0.15, 0.2) is 0 Å². The molecule has 0 unspecified atom stereocenters. The van der Waals surface area contributed by atoms with Crippen LogP contribution in [-0.4, -0.2) is 0 Å². The van der Waals surface area contributed by atoms with Gasteiger partial charge >= 0.3 is 0 Å². The van der Waals surface area contributed by atoms with Crippen LogP contribution in [0.3, 0.4) is 0 Å². The van der Waals surface area contributed by atoms with Crippen LogP contribution in [0, 0.1) is 51.0 Å². The zero-order chi connectivity index (χ0) is 4.00. The maximum Gasteiger partial charge on any atom is 0 e. The van der Waals surface area contributed by atoms with Crippen LogP contribution in [0.5, 0.6) is 0 Å². The molecule has 0 saturated heterocycles. The van der Waals surface area contributed by atoms with Crippen molar-refractivity contribution in [2.75, 3.05) is 0 Å². The molecule has 0 aliphatic rings. The van der Waals surface area contributed by atoms with E-state index in [0.717, 1.165) is 0 Å². The first kappa shape index (κ1) is 129. The standard InChI is InChI=1S/2C2H5.5CH3.Hf/c2*1-2;;;;;;/h2*1H2,2H3;5*1H3;/q7*-1;. The molecule has 0 aliphatic heterocycles. The zero-order valence-corrected chi connectivity index (χ0v) is 12.5. The molecule has 0 spiro atoms. The summed E-state index contributed by atoms with van der Waals surface area (Å²) in [6, 6.07) is 0. The molecule has 0 fully saturated rings. The van der Waals surface area contributed by atoms with Crippen molar-refractivity contribution in [1.29, 1.82) is 0 Å². The molecule has 0 radical (unpaired) electrons. The van der Waals surface area contributed by atoms with E-state index >= 15 is 0 Å². The summed E-state index contributed by atoms with van der Waals surface area (Å²) in [7, 11) is 0. The van der Waals surface area contributed by atoms with E-state index < -0.39 is 0 Å². The second kappa shape index (κ2) is 1030. The molecule has 0 saturated carbocycles. The van der Waals surface area contributed by atoms with E-state index in [2.05, 4.69) is 13.8 Å². The van der Waals surface area contributed by atoms with Crippen LogP contribution < -0.4 is 0 Å². The minimum atomic E-state index is 0. The van der Waals surface area contributed by atoms with Gasteiger partial charge in [0, 0.05) is 25.8 Å². The Morgan fingerprint density at radius 3 is 0.500 bits per heavy atom. The van der Waals surface area contributed by atoms with Gasteiger partial charge in [-0.25, -0.2) is 0 Å². The Bertz CT molecular complexity index is 4.69. The van der Waals surface area contributed by atoms with E-state index in [-0.39, 0.29) is 63.0 Å². The van der Waals surface area contributed by atoms with Crippen molar-refractivity contribution in [3.8, 4) is 0 Å². The van der Waals surface area contributed by atoms with Crippen molar-refractivity contribution in [1.82, 2.24) is 0 Å². The first-order chi connectivity index (χ1) is 2.00. The number of hydrogen-bond donors (Lipinski definition) is 0. The van der Waals surface area contributed by atoms with Crippen molar-refractivity contribution in [3.63, 3.8) is 0 Å². The first-order valence-corrected chi connectivity index (χ1v) is 1.41. The van der Waals surface area contributed by atoms with Crippen LogP contribution in [0.2, 0.25) is 0 Å². The normalized spacial score (nSPS) is 1.20. The third-order valence-electron chi connectivity index (χ3n) is 0.